The van der Waals surface area contributed by atoms with Crippen molar-refractivity contribution in [2.24, 2.45) is 0 Å². The van der Waals surface area contributed by atoms with Crippen molar-refractivity contribution in [1.29, 1.82) is 0 Å². The topological polar surface area (TPSA) is 49.0 Å². The maximum Gasteiger partial charge on any atom is 0.416 e. The zero-order chi connectivity index (χ0) is 16.6. The Bertz CT molecular complexity index is 766. The molecule has 0 saturated heterocycles. The number of alkyl halides is 3. The van der Waals surface area contributed by atoms with Crippen LogP contribution >= 0.6 is 0 Å². The van der Waals surface area contributed by atoms with Crippen LogP contribution in [0.5, 0.6) is 0 Å². The minimum absolute atomic E-state index is 0.208. The van der Waals surface area contributed by atoms with Gasteiger partial charge < -0.3 is 4.98 Å². The van der Waals surface area contributed by atoms with Gasteiger partial charge in [0.1, 0.15) is 5.82 Å². The summed E-state index contributed by atoms with van der Waals surface area (Å²) >= 11 is 0. The molecular weight excluding hydrogens is 307 g/mol. The van der Waals surface area contributed by atoms with Crippen LogP contribution in [0.15, 0.2) is 29.1 Å². The molecule has 0 spiro atoms. The number of H-pyrrole nitrogens is 1. The fourth-order valence-electron chi connectivity index (χ4n) is 2.72. The van der Waals surface area contributed by atoms with Gasteiger partial charge in [-0.2, -0.15) is 13.2 Å². The Morgan fingerprint density at radius 2 is 1.96 bits per heavy atom. The summed E-state index contributed by atoms with van der Waals surface area (Å²) in [5.41, 5.74) is 0.910. The summed E-state index contributed by atoms with van der Waals surface area (Å²) in [6.45, 7) is 4.30. The molecule has 0 unspecified atom stereocenters. The van der Waals surface area contributed by atoms with Crippen LogP contribution in [0.2, 0.25) is 0 Å². The van der Waals surface area contributed by atoms with Gasteiger partial charge in [0.25, 0.3) is 5.56 Å². The zero-order valence-corrected chi connectivity index (χ0v) is 12.6. The Labute approximate surface area is 131 Å². The molecule has 4 nitrogen and oxygen atoms in total. The Hall–Kier alpha value is -2.15. The van der Waals surface area contributed by atoms with E-state index in [4.69, 9.17) is 0 Å². The third kappa shape index (κ3) is 3.14. The van der Waals surface area contributed by atoms with E-state index in [0.717, 1.165) is 25.2 Å². The largest absolute Gasteiger partial charge is 0.416 e. The number of aromatic amines is 1. The van der Waals surface area contributed by atoms with Gasteiger partial charge in [-0.05, 0) is 25.1 Å². The van der Waals surface area contributed by atoms with Crippen molar-refractivity contribution in [2.45, 2.75) is 26.1 Å². The van der Waals surface area contributed by atoms with Gasteiger partial charge in [-0.1, -0.05) is 19.1 Å². The number of aromatic nitrogens is 2. The third-order valence-corrected chi connectivity index (χ3v) is 4.09. The van der Waals surface area contributed by atoms with Crippen LogP contribution in [-0.4, -0.2) is 28.0 Å². The van der Waals surface area contributed by atoms with Gasteiger partial charge in [0.15, 0.2) is 0 Å². The van der Waals surface area contributed by atoms with Crippen molar-refractivity contribution in [3.8, 4) is 11.4 Å². The molecule has 1 aliphatic rings. The van der Waals surface area contributed by atoms with Gasteiger partial charge in [-0.15, -0.1) is 0 Å². The molecule has 1 N–H and O–H groups in total. The van der Waals surface area contributed by atoms with Crippen LogP contribution in [0.3, 0.4) is 0 Å². The average molecular weight is 323 g/mol. The van der Waals surface area contributed by atoms with Crippen LogP contribution in [0.1, 0.15) is 23.7 Å². The molecular formula is C16H16F3N3O. The minimum atomic E-state index is -4.38. The van der Waals surface area contributed by atoms with E-state index in [1.807, 2.05) is 6.92 Å². The first-order valence-electron chi connectivity index (χ1n) is 7.40. The van der Waals surface area contributed by atoms with Gasteiger partial charge in [-0.25, -0.2) is 4.98 Å². The lowest BCUT2D eigenvalue weighted by Crippen LogP contribution is -2.35. The van der Waals surface area contributed by atoms with E-state index in [-0.39, 0.29) is 5.56 Å². The Morgan fingerprint density at radius 1 is 1.26 bits per heavy atom. The fraction of sp³-hybridized carbons (Fsp3) is 0.375. The monoisotopic (exact) mass is 323 g/mol. The van der Waals surface area contributed by atoms with E-state index in [2.05, 4.69) is 14.9 Å². The number of nitrogens with one attached hydrogen (secondary N) is 1. The highest BCUT2D eigenvalue weighted by atomic mass is 19.4. The maximum absolute atomic E-state index is 12.6. The summed E-state index contributed by atoms with van der Waals surface area (Å²) in [5.74, 6) is 0.306. The third-order valence-electron chi connectivity index (χ3n) is 4.09. The molecule has 1 aliphatic heterocycles. The summed E-state index contributed by atoms with van der Waals surface area (Å²) in [6.07, 6.45) is -3.74. The molecule has 0 bridgehead atoms. The molecule has 23 heavy (non-hydrogen) atoms. The van der Waals surface area contributed by atoms with Crippen molar-refractivity contribution >= 4 is 0 Å². The number of nitrogens with zero attached hydrogens (tertiary/aromatic N) is 2. The molecule has 7 heteroatoms. The quantitative estimate of drug-likeness (QED) is 0.924. The Balaban J connectivity index is 1.98. The van der Waals surface area contributed by atoms with Crippen molar-refractivity contribution in [2.75, 3.05) is 13.1 Å². The second kappa shape index (κ2) is 5.81. The van der Waals surface area contributed by atoms with E-state index in [1.165, 1.54) is 12.1 Å². The first-order valence-corrected chi connectivity index (χ1v) is 7.40. The fourth-order valence-corrected chi connectivity index (χ4v) is 2.72. The molecule has 0 atom stereocenters. The van der Waals surface area contributed by atoms with Gasteiger partial charge in [-0.3, -0.25) is 9.69 Å². The highest BCUT2D eigenvalue weighted by Crippen LogP contribution is 2.30. The second-order valence-corrected chi connectivity index (χ2v) is 5.53. The SMILES string of the molecule is CCN1CCc2c(nc(-c3ccc(C(F)(F)F)cc3)[nH]c2=O)C1. The summed E-state index contributed by atoms with van der Waals surface area (Å²) in [6, 6.07) is 4.64. The summed E-state index contributed by atoms with van der Waals surface area (Å²) in [7, 11) is 0. The highest BCUT2D eigenvalue weighted by Gasteiger charge is 2.30. The molecule has 0 radical (unpaired) electrons. The average Bonchev–Trinajstić information content (AvgIpc) is 2.53. The number of fused-ring (bicyclic) bond motifs is 1. The number of rotatable bonds is 2. The molecule has 0 fully saturated rings. The van der Waals surface area contributed by atoms with Gasteiger partial charge in [0.2, 0.25) is 0 Å². The molecule has 0 amide bonds. The molecule has 1 aromatic heterocycles. The van der Waals surface area contributed by atoms with E-state index >= 15 is 0 Å². The summed E-state index contributed by atoms with van der Waals surface area (Å²) in [5, 5.41) is 0. The lowest BCUT2D eigenvalue weighted by atomic mass is 10.1. The van der Waals surface area contributed by atoms with Crippen molar-refractivity contribution in [1.82, 2.24) is 14.9 Å². The standard InChI is InChI=1S/C16H16F3N3O/c1-2-22-8-7-12-13(9-22)20-14(21-15(12)23)10-3-5-11(6-4-10)16(17,18)19/h3-6H,2,7-9H2,1H3,(H,20,21,23). The highest BCUT2D eigenvalue weighted by molar-refractivity contribution is 5.56. The van der Waals surface area contributed by atoms with E-state index in [9.17, 15) is 18.0 Å². The molecule has 2 aromatic rings. The zero-order valence-electron chi connectivity index (χ0n) is 12.6. The Morgan fingerprint density at radius 3 is 2.57 bits per heavy atom. The minimum Gasteiger partial charge on any atom is -0.306 e. The molecule has 2 heterocycles. The first-order chi connectivity index (χ1) is 10.9. The maximum atomic E-state index is 12.6. The lowest BCUT2D eigenvalue weighted by Gasteiger charge is -2.26. The Kier molecular flexibility index (Phi) is 3.97. The molecule has 1 aromatic carbocycles. The molecule has 0 aliphatic carbocycles. The first kappa shape index (κ1) is 15.7. The number of hydrogen-bond donors (Lipinski definition) is 1. The lowest BCUT2D eigenvalue weighted by molar-refractivity contribution is -0.137. The molecule has 3 rings (SSSR count). The van der Waals surface area contributed by atoms with Crippen LogP contribution < -0.4 is 5.56 Å². The van der Waals surface area contributed by atoms with Crippen molar-refractivity contribution < 1.29 is 13.2 Å². The van der Waals surface area contributed by atoms with Crippen molar-refractivity contribution in [3.05, 3.63) is 51.4 Å². The van der Waals surface area contributed by atoms with Gasteiger partial charge in [0.05, 0.1) is 11.3 Å². The number of hydrogen-bond acceptors (Lipinski definition) is 3. The number of benzene rings is 1. The van der Waals surface area contributed by atoms with E-state index < -0.39 is 11.7 Å². The van der Waals surface area contributed by atoms with Crippen LogP contribution in [-0.2, 0) is 19.1 Å². The van der Waals surface area contributed by atoms with E-state index in [0.29, 0.717) is 35.6 Å². The second-order valence-electron chi connectivity index (χ2n) is 5.53. The molecule has 0 saturated carbocycles. The normalized spacial score (nSPS) is 15.5. The van der Waals surface area contributed by atoms with E-state index in [1.54, 1.807) is 0 Å². The van der Waals surface area contributed by atoms with Gasteiger partial charge in [0, 0.05) is 24.2 Å². The smallest absolute Gasteiger partial charge is 0.306 e. The van der Waals surface area contributed by atoms with Crippen LogP contribution in [0, 0.1) is 0 Å². The van der Waals surface area contributed by atoms with Crippen molar-refractivity contribution in [3.63, 3.8) is 0 Å². The summed E-state index contributed by atoms with van der Waals surface area (Å²) < 4.78 is 37.8. The molecule has 122 valence electrons. The van der Waals surface area contributed by atoms with Crippen LogP contribution in [0.25, 0.3) is 11.4 Å². The summed E-state index contributed by atoms with van der Waals surface area (Å²) in [4.78, 5) is 21.5. The van der Waals surface area contributed by atoms with Crippen LogP contribution in [0.4, 0.5) is 13.2 Å². The number of likely N-dealkylation sites (N-methyl/N-ethyl adjacent to an activating group) is 1. The number of halogens is 3. The van der Waals surface area contributed by atoms with Gasteiger partial charge >= 0.3 is 6.18 Å². The predicted octanol–water partition coefficient (Wildman–Crippen LogP) is 2.83. The predicted molar refractivity (Wildman–Crippen MR) is 80.0 cm³/mol.